The Morgan fingerprint density at radius 2 is 1.81 bits per heavy atom. The number of carbonyl (C=O) groups excluding carboxylic acids is 1. The summed E-state index contributed by atoms with van der Waals surface area (Å²) in [5.74, 6) is 0.769. The number of amides is 1. The molecule has 0 radical (unpaired) electrons. The number of hydrogen-bond acceptors (Lipinski definition) is 2. The van der Waals surface area contributed by atoms with E-state index in [-0.39, 0.29) is 11.9 Å². The number of benzene rings is 2. The number of aryl methyl sites for hydroxylation is 1. The molecule has 0 aliphatic carbocycles. The topological polar surface area (TPSA) is 43.3 Å². The average Bonchev–Trinajstić information content (AvgIpc) is 3.21. The minimum absolute atomic E-state index is 0.0178. The molecule has 4 heteroatoms. The molecule has 0 aliphatic rings. The van der Waals surface area contributed by atoms with Crippen LogP contribution in [0.25, 0.3) is 0 Å². The molecule has 0 bridgehead atoms. The lowest BCUT2D eigenvalue weighted by atomic mass is 10.0. The van der Waals surface area contributed by atoms with Gasteiger partial charge >= 0.3 is 0 Å². The predicted octanol–water partition coefficient (Wildman–Crippen LogP) is 4.68. The Morgan fingerprint density at radius 3 is 2.46 bits per heavy atom. The number of anilines is 1. The van der Waals surface area contributed by atoms with Crippen LogP contribution in [-0.4, -0.2) is 17.6 Å². The standard InChI is InChI=1S/C22H24N2O2/c1-3-17-9-11-19(12-10-17)23-22(25)16-21(24-13-4-5-14-24)18-7-6-8-20(15-18)26-2/h4-15,21H,3,16H2,1-2H3,(H,23,25)/t21-/m0/s1. The normalized spacial score (nSPS) is 11.8. The molecule has 4 nitrogen and oxygen atoms in total. The van der Waals surface area contributed by atoms with Crippen LogP contribution in [0.1, 0.15) is 30.5 Å². The van der Waals surface area contributed by atoms with Crippen molar-refractivity contribution in [3.05, 3.63) is 84.2 Å². The largest absolute Gasteiger partial charge is 0.497 e. The lowest BCUT2D eigenvalue weighted by Crippen LogP contribution is -2.19. The van der Waals surface area contributed by atoms with Crippen LogP contribution in [0.5, 0.6) is 5.75 Å². The van der Waals surface area contributed by atoms with Gasteiger partial charge in [0.2, 0.25) is 5.91 Å². The summed E-state index contributed by atoms with van der Waals surface area (Å²) in [4.78, 5) is 12.6. The maximum atomic E-state index is 12.6. The van der Waals surface area contributed by atoms with Gasteiger partial charge in [0, 0.05) is 18.1 Å². The highest BCUT2D eigenvalue weighted by Gasteiger charge is 2.18. The van der Waals surface area contributed by atoms with E-state index in [9.17, 15) is 4.79 Å². The fourth-order valence-electron chi connectivity index (χ4n) is 3.01. The zero-order valence-corrected chi connectivity index (χ0v) is 15.2. The van der Waals surface area contributed by atoms with Gasteiger partial charge in [0.1, 0.15) is 5.75 Å². The minimum Gasteiger partial charge on any atom is -0.497 e. The van der Waals surface area contributed by atoms with E-state index in [2.05, 4.69) is 16.8 Å². The summed E-state index contributed by atoms with van der Waals surface area (Å²) >= 11 is 0. The number of methoxy groups -OCH3 is 1. The number of nitrogens with one attached hydrogen (secondary N) is 1. The van der Waals surface area contributed by atoms with E-state index in [4.69, 9.17) is 4.74 Å². The first-order valence-corrected chi connectivity index (χ1v) is 8.84. The number of hydrogen-bond donors (Lipinski definition) is 1. The van der Waals surface area contributed by atoms with Gasteiger partial charge in [-0.25, -0.2) is 0 Å². The smallest absolute Gasteiger partial charge is 0.226 e. The second-order valence-corrected chi connectivity index (χ2v) is 6.23. The summed E-state index contributed by atoms with van der Waals surface area (Å²) in [7, 11) is 1.65. The minimum atomic E-state index is -0.0879. The lowest BCUT2D eigenvalue weighted by Gasteiger charge is -2.20. The molecule has 134 valence electrons. The highest BCUT2D eigenvalue weighted by molar-refractivity contribution is 5.91. The Morgan fingerprint density at radius 1 is 1.08 bits per heavy atom. The van der Waals surface area contributed by atoms with E-state index in [1.54, 1.807) is 7.11 Å². The maximum absolute atomic E-state index is 12.6. The van der Waals surface area contributed by atoms with E-state index in [1.807, 2.05) is 73.1 Å². The first-order chi connectivity index (χ1) is 12.7. The number of carbonyl (C=O) groups is 1. The molecular weight excluding hydrogens is 324 g/mol. The molecule has 26 heavy (non-hydrogen) atoms. The summed E-state index contributed by atoms with van der Waals surface area (Å²) in [6.45, 7) is 2.11. The van der Waals surface area contributed by atoms with Crippen molar-refractivity contribution >= 4 is 11.6 Å². The van der Waals surface area contributed by atoms with Crippen LogP contribution in [0.15, 0.2) is 73.1 Å². The van der Waals surface area contributed by atoms with Gasteiger partial charge in [-0.1, -0.05) is 31.2 Å². The van der Waals surface area contributed by atoms with Crippen LogP contribution >= 0.6 is 0 Å². The molecule has 2 aromatic carbocycles. The Bertz CT molecular complexity index is 839. The second-order valence-electron chi connectivity index (χ2n) is 6.23. The molecule has 0 saturated heterocycles. The molecule has 0 fully saturated rings. The fourth-order valence-corrected chi connectivity index (χ4v) is 3.01. The van der Waals surface area contributed by atoms with Crippen LogP contribution in [0.2, 0.25) is 0 Å². The lowest BCUT2D eigenvalue weighted by molar-refractivity contribution is -0.116. The molecule has 1 heterocycles. The Kier molecular flexibility index (Phi) is 5.74. The molecular formula is C22H24N2O2. The van der Waals surface area contributed by atoms with Gasteiger partial charge in [0.05, 0.1) is 19.6 Å². The monoisotopic (exact) mass is 348 g/mol. The van der Waals surface area contributed by atoms with Crippen LogP contribution < -0.4 is 10.1 Å². The zero-order valence-electron chi connectivity index (χ0n) is 15.2. The van der Waals surface area contributed by atoms with Gasteiger partial charge in [0.15, 0.2) is 0 Å². The van der Waals surface area contributed by atoms with Crippen LogP contribution in [0, 0.1) is 0 Å². The summed E-state index contributed by atoms with van der Waals surface area (Å²) in [6.07, 6.45) is 5.29. The fraction of sp³-hybridized carbons (Fsp3) is 0.227. The van der Waals surface area contributed by atoms with Gasteiger partial charge in [-0.3, -0.25) is 4.79 Å². The molecule has 0 saturated carbocycles. The molecule has 0 aliphatic heterocycles. The van der Waals surface area contributed by atoms with Crippen molar-refractivity contribution in [2.45, 2.75) is 25.8 Å². The Labute approximate surface area is 154 Å². The molecule has 3 rings (SSSR count). The van der Waals surface area contributed by atoms with Gasteiger partial charge in [-0.2, -0.15) is 0 Å². The number of ether oxygens (including phenoxy) is 1. The van der Waals surface area contributed by atoms with E-state index in [1.165, 1.54) is 5.56 Å². The van der Waals surface area contributed by atoms with Crippen LogP contribution in [0.4, 0.5) is 5.69 Å². The zero-order chi connectivity index (χ0) is 18.4. The molecule has 1 atom stereocenters. The summed E-state index contributed by atoms with van der Waals surface area (Å²) in [5, 5.41) is 3.00. The number of rotatable bonds is 7. The van der Waals surface area contributed by atoms with E-state index < -0.39 is 0 Å². The van der Waals surface area contributed by atoms with E-state index >= 15 is 0 Å². The van der Waals surface area contributed by atoms with E-state index in [0.29, 0.717) is 6.42 Å². The molecule has 1 aromatic heterocycles. The highest BCUT2D eigenvalue weighted by atomic mass is 16.5. The number of nitrogens with zero attached hydrogens (tertiary/aromatic N) is 1. The SMILES string of the molecule is CCc1ccc(NC(=O)C[C@@H](c2cccc(OC)c2)n2cccc2)cc1. The van der Waals surface area contributed by atoms with Gasteiger partial charge < -0.3 is 14.6 Å². The van der Waals surface area contributed by atoms with Crippen molar-refractivity contribution < 1.29 is 9.53 Å². The third kappa shape index (κ3) is 4.33. The van der Waals surface area contributed by atoms with Crippen molar-refractivity contribution in [2.75, 3.05) is 12.4 Å². The maximum Gasteiger partial charge on any atom is 0.226 e. The Balaban J connectivity index is 1.77. The van der Waals surface area contributed by atoms with Crippen LogP contribution in [-0.2, 0) is 11.2 Å². The summed E-state index contributed by atoms with van der Waals surface area (Å²) in [5.41, 5.74) is 3.12. The molecule has 1 N–H and O–H groups in total. The van der Waals surface area contributed by atoms with Crippen molar-refractivity contribution in [3.8, 4) is 5.75 Å². The van der Waals surface area contributed by atoms with Gasteiger partial charge in [0.25, 0.3) is 0 Å². The average molecular weight is 348 g/mol. The quantitative estimate of drug-likeness (QED) is 0.674. The Hall–Kier alpha value is -3.01. The third-order valence-electron chi connectivity index (χ3n) is 4.49. The summed E-state index contributed by atoms with van der Waals surface area (Å²) < 4.78 is 7.39. The molecule has 1 amide bonds. The van der Waals surface area contributed by atoms with Crippen molar-refractivity contribution in [3.63, 3.8) is 0 Å². The van der Waals surface area contributed by atoms with E-state index in [0.717, 1.165) is 23.4 Å². The van der Waals surface area contributed by atoms with Crippen LogP contribution in [0.3, 0.4) is 0 Å². The molecule has 0 spiro atoms. The first kappa shape index (κ1) is 17.8. The van der Waals surface area contributed by atoms with Gasteiger partial charge in [-0.15, -0.1) is 0 Å². The van der Waals surface area contributed by atoms with Crippen molar-refractivity contribution in [1.82, 2.24) is 4.57 Å². The first-order valence-electron chi connectivity index (χ1n) is 8.84. The number of aromatic nitrogens is 1. The van der Waals surface area contributed by atoms with Crippen molar-refractivity contribution in [2.24, 2.45) is 0 Å². The molecule has 3 aromatic rings. The second kappa shape index (κ2) is 8.39. The highest BCUT2D eigenvalue weighted by Crippen LogP contribution is 2.26. The molecule has 0 unspecified atom stereocenters. The third-order valence-corrected chi connectivity index (χ3v) is 4.49. The van der Waals surface area contributed by atoms with Crippen molar-refractivity contribution in [1.29, 1.82) is 0 Å². The van der Waals surface area contributed by atoms with Gasteiger partial charge in [-0.05, 0) is 53.9 Å². The predicted molar refractivity (Wildman–Crippen MR) is 105 cm³/mol. The summed E-state index contributed by atoms with van der Waals surface area (Å²) in [6, 6.07) is 19.7.